The van der Waals surface area contributed by atoms with Gasteiger partial charge < -0.3 is 20.2 Å². The van der Waals surface area contributed by atoms with Crippen molar-refractivity contribution in [2.24, 2.45) is 0 Å². The molecule has 0 radical (unpaired) electrons. The van der Waals surface area contributed by atoms with Crippen LogP contribution in [-0.2, 0) is 34.5 Å². The Kier molecular flexibility index (Phi) is 13.5. The van der Waals surface area contributed by atoms with Crippen molar-refractivity contribution in [1.82, 2.24) is 29.4 Å². The summed E-state index contributed by atoms with van der Waals surface area (Å²) in [4.78, 5) is 23.2. The molecule has 3 heterocycles. The number of halogens is 3. The maximum absolute atomic E-state index is 14.2. The van der Waals surface area contributed by atoms with Gasteiger partial charge in [-0.15, -0.1) is 11.3 Å². The summed E-state index contributed by atoms with van der Waals surface area (Å²) in [6.45, 7) is 7.18. The molecule has 2 aromatic heterocycles. The number of fused-ring (bicyclic) bond motifs is 1. The van der Waals surface area contributed by atoms with Crippen LogP contribution in [0, 0.1) is 0 Å². The molecule has 10 nitrogen and oxygen atoms in total. The van der Waals surface area contributed by atoms with Crippen LogP contribution in [0.15, 0.2) is 101 Å². The van der Waals surface area contributed by atoms with Crippen molar-refractivity contribution in [3.8, 4) is 10.6 Å². The number of sulfonamides is 1. The molecule has 276 valence electrons. The fraction of sp³-hybridized carbons (Fsp3) is 0.324. The number of pyridine rings is 1. The third kappa shape index (κ3) is 10.9. The summed E-state index contributed by atoms with van der Waals surface area (Å²) in [5.74, 6) is -2.76. The number of para-hydroxylation sites is 1. The summed E-state index contributed by atoms with van der Waals surface area (Å²) >= 11 is 1.55. The van der Waals surface area contributed by atoms with Gasteiger partial charge in [-0.3, -0.25) is 4.98 Å². The average Bonchev–Trinajstić information content (AvgIpc) is 3.61. The minimum atomic E-state index is -5.08. The van der Waals surface area contributed by atoms with Gasteiger partial charge in [-0.25, -0.2) is 18.2 Å². The Labute approximate surface area is 305 Å². The van der Waals surface area contributed by atoms with E-state index in [4.69, 9.17) is 14.9 Å². The topological polar surface area (TPSA) is 119 Å². The molecule has 6 rings (SSSR count). The van der Waals surface area contributed by atoms with Gasteiger partial charge >= 0.3 is 12.1 Å². The molecule has 1 aliphatic heterocycles. The van der Waals surface area contributed by atoms with E-state index in [2.05, 4.69) is 75.7 Å². The molecule has 5 aromatic rings. The third-order valence-corrected chi connectivity index (χ3v) is 11.3. The van der Waals surface area contributed by atoms with Crippen LogP contribution in [0.1, 0.15) is 23.2 Å². The number of carboxylic acid groups (broad SMARTS) is 1. The van der Waals surface area contributed by atoms with Gasteiger partial charge in [-0.2, -0.15) is 17.5 Å². The molecular formula is C37H41F3N6O4S2. The fourth-order valence-corrected chi connectivity index (χ4v) is 8.09. The van der Waals surface area contributed by atoms with E-state index in [0.29, 0.717) is 12.1 Å². The number of rotatable bonds is 13. The summed E-state index contributed by atoms with van der Waals surface area (Å²) in [5, 5.41) is 14.3. The number of carboxylic acids is 1. The van der Waals surface area contributed by atoms with Crippen molar-refractivity contribution in [2.75, 3.05) is 46.3 Å². The maximum Gasteiger partial charge on any atom is 0.490 e. The predicted molar refractivity (Wildman–Crippen MR) is 196 cm³/mol. The number of hydrogen-bond donors (Lipinski definition) is 2. The predicted octanol–water partition coefficient (Wildman–Crippen LogP) is 6.11. The molecule has 1 aliphatic rings. The Hall–Kier alpha value is -4.25. The molecule has 0 saturated carbocycles. The number of nitrogens with zero attached hydrogens (tertiary/aromatic N) is 5. The van der Waals surface area contributed by atoms with Crippen molar-refractivity contribution in [1.29, 1.82) is 0 Å². The first-order chi connectivity index (χ1) is 24.9. The lowest BCUT2D eigenvalue weighted by Gasteiger charge is -2.32. The molecule has 0 bridgehead atoms. The van der Waals surface area contributed by atoms with Crippen LogP contribution in [0.3, 0.4) is 0 Å². The second-order valence-corrected chi connectivity index (χ2v) is 15.2. The molecule has 0 amide bonds. The molecule has 15 heteroatoms. The van der Waals surface area contributed by atoms with Crippen LogP contribution in [0.4, 0.5) is 13.2 Å². The van der Waals surface area contributed by atoms with Gasteiger partial charge in [0.1, 0.15) is 9.90 Å². The monoisotopic (exact) mass is 754 g/mol. The standard InChI is InChI=1S/C35H40N6O2S2.C2HF3O2/c1-39-20-22-40(23-21-39)18-7-19-41(45(42,43)33-12-5-10-30-11-6-17-37-34(30)33)26-32-27-44-35(38-32)31-15-13-29(14-16-31)25-36-24-28-8-3-2-4-9-28;3-2(4,5)1(6)7/h2-6,8-17,27,36H,7,18-26H2,1H3;(H,6,7). The quantitative estimate of drug-likeness (QED) is 0.147. The lowest BCUT2D eigenvalue weighted by Crippen LogP contribution is -2.45. The minimum Gasteiger partial charge on any atom is -0.475 e. The number of thiazole rings is 1. The maximum atomic E-state index is 14.2. The van der Waals surface area contributed by atoms with Crippen molar-refractivity contribution in [2.45, 2.75) is 37.1 Å². The Bertz CT molecular complexity index is 2000. The highest BCUT2D eigenvalue weighted by atomic mass is 32.2. The average molecular weight is 755 g/mol. The largest absolute Gasteiger partial charge is 0.490 e. The molecule has 0 atom stereocenters. The Morgan fingerprint density at radius 3 is 2.25 bits per heavy atom. The fourth-order valence-electron chi connectivity index (χ4n) is 5.65. The van der Waals surface area contributed by atoms with E-state index in [1.54, 1.807) is 34.0 Å². The van der Waals surface area contributed by atoms with E-state index in [-0.39, 0.29) is 11.4 Å². The van der Waals surface area contributed by atoms with Gasteiger partial charge in [-0.1, -0.05) is 72.8 Å². The molecule has 52 heavy (non-hydrogen) atoms. The Morgan fingerprint density at radius 2 is 1.58 bits per heavy atom. The highest BCUT2D eigenvalue weighted by Gasteiger charge is 2.38. The summed E-state index contributed by atoms with van der Waals surface area (Å²) in [6.07, 6.45) is -2.69. The second kappa shape index (κ2) is 18.0. The lowest BCUT2D eigenvalue weighted by molar-refractivity contribution is -0.192. The number of aromatic nitrogens is 2. The first-order valence-corrected chi connectivity index (χ1v) is 19.1. The highest BCUT2D eigenvalue weighted by Crippen LogP contribution is 2.28. The zero-order valence-electron chi connectivity index (χ0n) is 28.7. The zero-order chi connectivity index (χ0) is 37.1. The van der Waals surface area contributed by atoms with Gasteiger partial charge in [0, 0.05) is 68.3 Å². The van der Waals surface area contributed by atoms with Crippen LogP contribution < -0.4 is 5.32 Å². The van der Waals surface area contributed by atoms with E-state index in [1.807, 2.05) is 29.6 Å². The Morgan fingerprint density at radius 1 is 0.923 bits per heavy atom. The molecule has 3 aromatic carbocycles. The van der Waals surface area contributed by atoms with Gasteiger partial charge in [-0.05, 0) is 43.3 Å². The first kappa shape index (κ1) is 39.0. The van der Waals surface area contributed by atoms with Gasteiger partial charge in [0.05, 0.1) is 17.8 Å². The summed E-state index contributed by atoms with van der Waals surface area (Å²) < 4.78 is 61.7. The van der Waals surface area contributed by atoms with Gasteiger partial charge in [0.15, 0.2) is 0 Å². The SMILES string of the molecule is CN1CCN(CCCN(Cc2csc(-c3ccc(CNCc4ccccc4)cc3)n2)S(=O)(=O)c2cccc3cccnc23)CC1.O=C(O)C(F)(F)F. The normalized spacial score (nSPS) is 14.3. The molecule has 1 saturated heterocycles. The van der Waals surface area contributed by atoms with Crippen molar-refractivity contribution in [3.63, 3.8) is 0 Å². The number of nitrogens with one attached hydrogen (secondary N) is 1. The smallest absolute Gasteiger partial charge is 0.475 e. The Balaban J connectivity index is 0.000000679. The number of benzene rings is 3. The van der Waals surface area contributed by atoms with Crippen LogP contribution in [0.25, 0.3) is 21.5 Å². The number of aliphatic carboxylic acids is 1. The molecule has 2 N–H and O–H groups in total. The first-order valence-electron chi connectivity index (χ1n) is 16.7. The van der Waals surface area contributed by atoms with Crippen LogP contribution in [0.2, 0.25) is 0 Å². The van der Waals surface area contributed by atoms with E-state index in [1.165, 1.54) is 11.1 Å². The number of alkyl halides is 3. The third-order valence-electron chi connectivity index (χ3n) is 8.53. The number of likely N-dealkylation sites (N-methyl/N-ethyl adjacent to an activating group) is 1. The van der Waals surface area contributed by atoms with Crippen LogP contribution in [0.5, 0.6) is 0 Å². The second-order valence-electron chi connectivity index (χ2n) is 12.4. The molecule has 0 unspecified atom stereocenters. The van der Waals surface area contributed by atoms with Crippen molar-refractivity contribution in [3.05, 3.63) is 113 Å². The van der Waals surface area contributed by atoms with Gasteiger partial charge in [0.2, 0.25) is 10.0 Å². The van der Waals surface area contributed by atoms with E-state index in [0.717, 1.165) is 73.9 Å². The molecule has 0 spiro atoms. The van der Waals surface area contributed by atoms with E-state index in [9.17, 15) is 21.6 Å². The number of hydrogen-bond acceptors (Lipinski definition) is 9. The lowest BCUT2D eigenvalue weighted by atomic mass is 10.1. The summed E-state index contributed by atoms with van der Waals surface area (Å²) in [7, 11) is -1.68. The van der Waals surface area contributed by atoms with E-state index < -0.39 is 22.2 Å². The van der Waals surface area contributed by atoms with Crippen molar-refractivity contribution < 1.29 is 31.5 Å². The van der Waals surface area contributed by atoms with E-state index >= 15 is 0 Å². The molecule has 0 aliphatic carbocycles. The molecule has 1 fully saturated rings. The van der Waals surface area contributed by atoms with Crippen molar-refractivity contribution >= 4 is 38.2 Å². The summed E-state index contributed by atoms with van der Waals surface area (Å²) in [6, 6.07) is 27.9. The number of piperazine rings is 1. The minimum absolute atomic E-state index is 0.215. The number of carbonyl (C=O) groups is 1. The zero-order valence-corrected chi connectivity index (χ0v) is 30.3. The summed E-state index contributed by atoms with van der Waals surface area (Å²) in [5.41, 5.74) is 4.74. The van der Waals surface area contributed by atoms with Gasteiger partial charge in [0.25, 0.3) is 0 Å². The van der Waals surface area contributed by atoms with Crippen LogP contribution in [-0.4, -0.2) is 96.1 Å². The molecular weight excluding hydrogens is 714 g/mol. The van der Waals surface area contributed by atoms with Crippen LogP contribution >= 0.6 is 11.3 Å². The highest BCUT2D eigenvalue weighted by molar-refractivity contribution is 7.89.